The Kier molecular flexibility index (Phi) is 8.07. The van der Waals surface area contributed by atoms with E-state index in [9.17, 15) is 9.59 Å². The Bertz CT molecular complexity index is 897. The first kappa shape index (κ1) is 21.0. The molecule has 0 unspecified atom stereocenters. The molecule has 6 nitrogen and oxygen atoms in total. The van der Waals surface area contributed by atoms with Gasteiger partial charge in [-0.2, -0.15) is 0 Å². The number of nitrogens with one attached hydrogen (secondary N) is 1. The molecule has 146 valence electrons. The number of aldehydes is 1. The average Bonchev–Trinajstić information content (AvgIpc) is 2.74. The predicted octanol–water partition coefficient (Wildman–Crippen LogP) is 3.08. The maximum Gasteiger partial charge on any atom is 0.268 e. The van der Waals surface area contributed by atoms with E-state index in [0.717, 1.165) is 24.7 Å². The average molecular weight is 380 g/mol. The van der Waals surface area contributed by atoms with Crippen molar-refractivity contribution in [3.8, 4) is 23.3 Å². The molecule has 0 fully saturated rings. The third-order valence-corrected chi connectivity index (χ3v) is 3.77. The fraction of sp³-hybridized carbons (Fsp3) is 0.273. The first-order valence-electron chi connectivity index (χ1n) is 9.14. The lowest BCUT2D eigenvalue weighted by atomic mass is 10.1. The Balaban J connectivity index is 2.32. The third-order valence-electron chi connectivity index (χ3n) is 3.77. The normalized spacial score (nSPS) is 9.82. The van der Waals surface area contributed by atoms with Crippen LogP contribution in [0.5, 0.6) is 11.5 Å². The monoisotopic (exact) mass is 380 g/mol. The zero-order chi connectivity index (χ0) is 20.4. The summed E-state index contributed by atoms with van der Waals surface area (Å²) in [7, 11) is 0. The molecule has 0 radical (unpaired) electrons. The molecule has 0 bridgehead atoms. The van der Waals surface area contributed by atoms with Gasteiger partial charge in [0.25, 0.3) is 5.91 Å². The highest BCUT2D eigenvalue weighted by Gasteiger charge is 2.12. The second-order valence-electron chi connectivity index (χ2n) is 6.00. The van der Waals surface area contributed by atoms with Gasteiger partial charge in [0.05, 0.1) is 24.3 Å². The van der Waals surface area contributed by atoms with E-state index in [-0.39, 0.29) is 0 Å². The van der Waals surface area contributed by atoms with E-state index >= 15 is 0 Å². The predicted molar refractivity (Wildman–Crippen MR) is 107 cm³/mol. The standard InChI is InChI=1S/C22H24N2O4/c1-3-11-27-20-13-16(7-9-18(20)15-25)5-6-17-8-10-19(22(26)24-23)21(14-17)28-12-4-2/h7-10,13-15H,3-4,11-12,23H2,1-2H3,(H,24,26). The van der Waals surface area contributed by atoms with E-state index < -0.39 is 5.91 Å². The molecule has 0 atom stereocenters. The van der Waals surface area contributed by atoms with Gasteiger partial charge in [0.1, 0.15) is 11.5 Å². The first-order valence-corrected chi connectivity index (χ1v) is 9.14. The minimum Gasteiger partial charge on any atom is -0.493 e. The highest BCUT2D eigenvalue weighted by molar-refractivity contribution is 5.96. The fourth-order valence-corrected chi connectivity index (χ4v) is 2.39. The minimum atomic E-state index is -0.423. The van der Waals surface area contributed by atoms with Gasteiger partial charge >= 0.3 is 0 Å². The van der Waals surface area contributed by atoms with E-state index in [2.05, 4.69) is 17.3 Å². The topological polar surface area (TPSA) is 90.7 Å². The summed E-state index contributed by atoms with van der Waals surface area (Å²) in [5, 5.41) is 0. The van der Waals surface area contributed by atoms with Gasteiger partial charge in [0, 0.05) is 11.1 Å². The third kappa shape index (κ3) is 5.60. The van der Waals surface area contributed by atoms with Crippen LogP contribution in [0.15, 0.2) is 36.4 Å². The van der Waals surface area contributed by atoms with Crippen LogP contribution in [0.25, 0.3) is 0 Å². The van der Waals surface area contributed by atoms with Crippen LogP contribution in [-0.4, -0.2) is 25.4 Å². The Labute approximate surface area is 165 Å². The van der Waals surface area contributed by atoms with Gasteiger partial charge < -0.3 is 9.47 Å². The quantitative estimate of drug-likeness (QED) is 0.241. The van der Waals surface area contributed by atoms with E-state index in [1.54, 1.807) is 36.4 Å². The van der Waals surface area contributed by atoms with Crippen LogP contribution in [0, 0.1) is 11.8 Å². The van der Waals surface area contributed by atoms with Crippen LogP contribution in [0.4, 0.5) is 0 Å². The second-order valence-corrected chi connectivity index (χ2v) is 6.00. The molecule has 1 amide bonds. The smallest absolute Gasteiger partial charge is 0.268 e. The summed E-state index contributed by atoms with van der Waals surface area (Å²) in [6.45, 7) is 4.98. The van der Waals surface area contributed by atoms with E-state index in [4.69, 9.17) is 15.3 Å². The molecular formula is C22H24N2O4. The molecule has 3 N–H and O–H groups in total. The van der Waals surface area contributed by atoms with E-state index in [1.807, 2.05) is 13.8 Å². The number of amides is 1. The maximum absolute atomic E-state index is 11.9. The highest BCUT2D eigenvalue weighted by Crippen LogP contribution is 2.22. The molecule has 0 aliphatic heterocycles. The molecule has 2 aromatic carbocycles. The van der Waals surface area contributed by atoms with Crippen molar-refractivity contribution in [3.05, 3.63) is 58.7 Å². The zero-order valence-electron chi connectivity index (χ0n) is 16.1. The van der Waals surface area contributed by atoms with Crippen LogP contribution < -0.4 is 20.7 Å². The Morgan fingerprint density at radius 1 is 1.00 bits per heavy atom. The molecule has 2 aromatic rings. The molecule has 0 saturated carbocycles. The summed E-state index contributed by atoms with van der Waals surface area (Å²) < 4.78 is 11.3. The van der Waals surface area contributed by atoms with Gasteiger partial charge in [-0.1, -0.05) is 25.7 Å². The number of ether oxygens (including phenoxy) is 2. The number of rotatable bonds is 8. The molecular weight excluding hydrogens is 356 g/mol. The Morgan fingerprint density at radius 2 is 1.57 bits per heavy atom. The van der Waals surface area contributed by atoms with Crippen molar-refractivity contribution >= 4 is 12.2 Å². The van der Waals surface area contributed by atoms with E-state index in [0.29, 0.717) is 41.4 Å². The molecule has 0 heterocycles. The Hall–Kier alpha value is -3.30. The number of carbonyl (C=O) groups is 2. The first-order chi connectivity index (χ1) is 13.6. The number of benzene rings is 2. The van der Waals surface area contributed by atoms with Crippen LogP contribution in [0.1, 0.15) is 58.5 Å². The molecule has 0 saturated heterocycles. The number of hydrogen-bond donors (Lipinski definition) is 2. The van der Waals surface area contributed by atoms with Gasteiger partial charge in [-0.25, -0.2) is 5.84 Å². The molecule has 2 rings (SSSR count). The van der Waals surface area contributed by atoms with Gasteiger partial charge in [-0.3, -0.25) is 15.0 Å². The number of hydrazine groups is 1. The summed E-state index contributed by atoms with van der Waals surface area (Å²) in [5.74, 6) is 11.8. The fourth-order valence-electron chi connectivity index (χ4n) is 2.39. The van der Waals surface area contributed by atoms with Crippen LogP contribution in [0.3, 0.4) is 0 Å². The summed E-state index contributed by atoms with van der Waals surface area (Å²) in [5.41, 5.74) is 4.37. The molecule has 0 aliphatic rings. The van der Waals surface area contributed by atoms with Gasteiger partial charge in [-0.15, -0.1) is 0 Å². The molecule has 0 aromatic heterocycles. The molecule has 6 heteroatoms. The van der Waals surface area contributed by atoms with Crippen molar-refractivity contribution in [2.75, 3.05) is 13.2 Å². The van der Waals surface area contributed by atoms with Crippen molar-refractivity contribution in [1.82, 2.24) is 5.43 Å². The van der Waals surface area contributed by atoms with Crippen molar-refractivity contribution in [2.24, 2.45) is 5.84 Å². The van der Waals surface area contributed by atoms with Gasteiger partial charge in [0.15, 0.2) is 6.29 Å². The molecule has 0 aliphatic carbocycles. The summed E-state index contributed by atoms with van der Waals surface area (Å²) >= 11 is 0. The lowest BCUT2D eigenvalue weighted by molar-refractivity contribution is 0.0949. The van der Waals surface area contributed by atoms with Gasteiger partial charge in [-0.05, 0) is 49.2 Å². The van der Waals surface area contributed by atoms with Crippen LogP contribution in [-0.2, 0) is 0 Å². The Morgan fingerprint density at radius 3 is 2.14 bits per heavy atom. The maximum atomic E-state index is 11.9. The summed E-state index contributed by atoms with van der Waals surface area (Å²) in [6, 6.07) is 10.3. The molecule has 28 heavy (non-hydrogen) atoms. The number of nitrogen functional groups attached to an aromatic ring is 1. The summed E-state index contributed by atoms with van der Waals surface area (Å²) in [4.78, 5) is 23.0. The number of carbonyl (C=O) groups excluding carboxylic acids is 2. The van der Waals surface area contributed by atoms with Crippen LogP contribution >= 0.6 is 0 Å². The van der Waals surface area contributed by atoms with Crippen molar-refractivity contribution in [2.45, 2.75) is 26.7 Å². The lowest BCUT2D eigenvalue weighted by Crippen LogP contribution is -2.30. The largest absolute Gasteiger partial charge is 0.493 e. The zero-order valence-corrected chi connectivity index (χ0v) is 16.1. The lowest BCUT2D eigenvalue weighted by Gasteiger charge is -2.10. The van der Waals surface area contributed by atoms with E-state index in [1.165, 1.54) is 0 Å². The van der Waals surface area contributed by atoms with Crippen molar-refractivity contribution < 1.29 is 19.1 Å². The second kappa shape index (κ2) is 10.8. The van der Waals surface area contributed by atoms with Crippen molar-refractivity contribution in [3.63, 3.8) is 0 Å². The highest BCUT2D eigenvalue weighted by atomic mass is 16.5. The number of hydrogen-bond acceptors (Lipinski definition) is 5. The SMILES string of the molecule is CCCOc1cc(C#Cc2ccc(C(=O)NN)c(OCCC)c2)ccc1C=O. The van der Waals surface area contributed by atoms with Crippen molar-refractivity contribution in [1.29, 1.82) is 0 Å². The van der Waals surface area contributed by atoms with Gasteiger partial charge in [0.2, 0.25) is 0 Å². The minimum absolute atomic E-state index is 0.354. The van der Waals surface area contributed by atoms with Crippen LogP contribution in [0.2, 0.25) is 0 Å². The number of nitrogens with two attached hydrogens (primary N) is 1. The molecule has 0 spiro atoms. The summed E-state index contributed by atoms with van der Waals surface area (Å²) in [6.07, 6.45) is 2.42.